The third kappa shape index (κ3) is 8.25. The molecule has 0 spiro atoms. The normalized spacial score (nSPS) is 12.1. The summed E-state index contributed by atoms with van der Waals surface area (Å²) in [7, 11) is 0. The van der Waals surface area contributed by atoms with E-state index in [2.05, 4.69) is 300 Å². The van der Waals surface area contributed by atoms with Gasteiger partial charge < -0.3 is 27.4 Å². The van der Waals surface area contributed by atoms with Gasteiger partial charge in [0, 0.05) is 119 Å². The molecule has 0 fully saturated rings. The van der Waals surface area contributed by atoms with Gasteiger partial charge in [-0.3, -0.25) is 19.9 Å². The minimum absolute atomic E-state index is 0.633. The number of hydrogen-bond donors (Lipinski definition) is 0. The van der Waals surface area contributed by atoms with Crippen molar-refractivity contribution in [2.24, 2.45) is 0 Å². The quantitative estimate of drug-likeness (QED) is 0.142. The third-order valence-corrected chi connectivity index (χ3v) is 20.7. The van der Waals surface area contributed by atoms with Gasteiger partial charge in [-0.15, -0.1) is 0 Å². The van der Waals surface area contributed by atoms with Crippen LogP contribution in [0.5, 0.6) is 0 Å². The van der Waals surface area contributed by atoms with Gasteiger partial charge in [0.2, 0.25) is 0 Å². The van der Waals surface area contributed by atoms with Crippen LogP contribution in [-0.4, -0.2) is 57.3 Å². The Labute approximate surface area is 581 Å². The van der Waals surface area contributed by atoms with Crippen LogP contribution in [0.3, 0.4) is 0 Å². The smallest absolute Gasteiger partial charge is 0.160 e. The fraction of sp³-hybridized carbons (Fsp3) is 0. The number of nitrogens with zero attached hydrogens (tertiary/aromatic N) is 12. The molecule has 0 aliphatic rings. The second kappa shape index (κ2) is 21.7. The Kier molecular flexibility index (Phi) is 11.9. The van der Waals surface area contributed by atoms with Crippen molar-refractivity contribution in [3.05, 3.63) is 328 Å². The van der Waals surface area contributed by atoms with Crippen LogP contribution in [0.15, 0.2) is 328 Å². The second-order valence-corrected chi connectivity index (χ2v) is 26.3. The van der Waals surface area contributed by atoms with Crippen molar-refractivity contribution in [3.8, 4) is 68.0 Å². The molecule has 11 aromatic carbocycles. The van der Waals surface area contributed by atoms with Crippen molar-refractivity contribution in [2.75, 3.05) is 0 Å². The summed E-state index contributed by atoms with van der Waals surface area (Å²) in [4.78, 5) is 30.8. The fourth-order valence-corrected chi connectivity index (χ4v) is 16.4. The average Bonchev–Trinajstić information content (AvgIpc) is 1.56. The standard InChI is InChI=1S/C90H54N12/c1-3-19-55(20-4-1)72-54-73(96-90(95-72)56-21-5-2-6-22-56)57-47-62(101-78-39-35-58(97-74-27-11-7-23-64(74)86-82(97)31-15-43-91-86)50-68(78)69-51-59(36-40-79(69)101)98-75-28-12-8-24-65(75)87-83(98)32-16-44-92-87)49-63(48-57)102-80-41-37-60(99-76-29-13-9-25-66(76)88-84(99)33-17-45-93-88)52-70(80)71-53-61(38-42-81(71)102)100-77-30-14-10-26-67(77)89-85(100)34-18-46-94-89/h1-54H. The Morgan fingerprint density at radius 3 is 0.794 bits per heavy atom. The minimum Gasteiger partial charge on any atom is -0.309 e. The van der Waals surface area contributed by atoms with E-state index in [0.29, 0.717) is 5.82 Å². The van der Waals surface area contributed by atoms with Gasteiger partial charge in [0.05, 0.1) is 99.7 Å². The molecule has 102 heavy (non-hydrogen) atoms. The highest BCUT2D eigenvalue weighted by atomic mass is 15.1. The molecule has 474 valence electrons. The SMILES string of the molecule is c1ccc(-c2cc(-c3cc(-n4c5ccc(-n6c7ccccc7c7ncccc76)cc5c5cc(-n6c7ccccc7c7ncccc76)ccc54)cc(-n4c5ccc(-n6c7ccccc7c7ncccc76)cc5c5cc(-n6c7ccccc7c7ncccc76)ccc54)c3)nc(-c3ccccc3)n2)cc1. The molecule has 0 aliphatic carbocycles. The summed E-state index contributed by atoms with van der Waals surface area (Å²) in [5, 5.41) is 8.74. The van der Waals surface area contributed by atoms with E-state index >= 15 is 0 Å². The molecule has 0 unspecified atom stereocenters. The predicted molar refractivity (Wildman–Crippen MR) is 416 cm³/mol. The molecule has 0 radical (unpaired) electrons. The zero-order chi connectivity index (χ0) is 66.7. The molecule has 12 nitrogen and oxygen atoms in total. The van der Waals surface area contributed by atoms with Crippen LogP contribution in [0, 0.1) is 0 Å². The van der Waals surface area contributed by atoms with Crippen molar-refractivity contribution in [3.63, 3.8) is 0 Å². The van der Waals surface area contributed by atoms with Gasteiger partial charge in [-0.2, -0.15) is 0 Å². The van der Waals surface area contributed by atoms with E-state index in [0.717, 1.165) is 194 Å². The molecule has 0 atom stereocenters. The first-order chi connectivity index (χ1) is 50.6. The summed E-state index contributed by atoms with van der Waals surface area (Å²) in [5.74, 6) is 0.633. The van der Waals surface area contributed by atoms with Gasteiger partial charge in [0.25, 0.3) is 0 Å². The van der Waals surface area contributed by atoms with Crippen molar-refractivity contribution in [1.29, 1.82) is 0 Å². The number of fused-ring (bicyclic) bond motifs is 18. The summed E-state index contributed by atoms with van der Waals surface area (Å²) < 4.78 is 14.4. The van der Waals surface area contributed by atoms with Gasteiger partial charge in [0.15, 0.2) is 5.82 Å². The molecule has 0 aliphatic heterocycles. The number of rotatable bonds is 9. The Bertz CT molecular complexity index is 6290. The molecule has 0 bridgehead atoms. The Hall–Kier alpha value is -14.1. The molecular formula is C90H54N12. The number of aromatic nitrogens is 12. The van der Waals surface area contributed by atoms with Gasteiger partial charge in [-0.1, -0.05) is 133 Å². The summed E-state index contributed by atoms with van der Waals surface area (Å²) in [6, 6.07) is 109. The van der Waals surface area contributed by atoms with Crippen LogP contribution in [0.2, 0.25) is 0 Å². The highest BCUT2D eigenvalue weighted by molar-refractivity contribution is 6.16. The molecule has 0 saturated heterocycles. The lowest BCUT2D eigenvalue weighted by Gasteiger charge is -2.17. The Morgan fingerprint density at radius 1 is 0.176 bits per heavy atom. The molecular weight excluding hydrogens is 1250 g/mol. The summed E-state index contributed by atoms with van der Waals surface area (Å²) in [6.45, 7) is 0. The average molecular weight is 1300 g/mol. The van der Waals surface area contributed by atoms with Crippen LogP contribution in [0.1, 0.15) is 0 Å². The summed E-state index contributed by atoms with van der Waals surface area (Å²) in [5.41, 5.74) is 26.9. The van der Waals surface area contributed by atoms with Crippen LogP contribution in [-0.2, 0) is 0 Å². The van der Waals surface area contributed by atoms with Gasteiger partial charge >= 0.3 is 0 Å². The zero-order valence-electron chi connectivity index (χ0n) is 54.5. The second-order valence-electron chi connectivity index (χ2n) is 26.3. The fourth-order valence-electron chi connectivity index (χ4n) is 16.4. The molecule has 0 amide bonds. The highest BCUT2D eigenvalue weighted by Gasteiger charge is 2.25. The molecule has 22 aromatic rings. The van der Waals surface area contributed by atoms with E-state index in [1.165, 1.54) is 0 Å². The number of para-hydroxylation sites is 4. The Morgan fingerprint density at radius 2 is 0.451 bits per heavy atom. The first-order valence-corrected chi connectivity index (χ1v) is 34.3. The van der Waals surface area contributed by atoms with Crippen molar-refractivity contribution < 1.29 is 0 Å². The number of hydrogen-bond acceptors (Lipinski definition) is 6. The van der Waals surface area contributed by atoms with E-state index in [1.54, 1.807) is 0 Å². The molecule has 11 heterocycles. The maximum absolute atomic E-state index is 5.59. The van der Waals surface area contributed by atoms with E-state index in [-0.39, 0.29) is 0 Å². The van der Waals surface area contributed by atoms with Crippen molar-refractivity contribution in [1.82, 2.24) is 57.3 Å². The lowest BCUT2D eigenvalue weighted by Crippen LogP contribution is -2.02. The first-order valence-electron chi connectivity index (χ1n) is 34.3. The molecule has 12 heteroatoms. The van der Waals surface area contributed by atoms with E-state index in [4.69, 9.17) is 29.9 Å². The number of pyridine rings is 4. The van der Waals surface area contributed by atoms with E-state index < -0.39 is 0 Å². The van der Waals surface area contributed by atoms with Crippen LogP contribution in [0.4, 0.5) is 0 Å². The van der Waals surface area contributed by atoms with Gasteiger partial charge in [-0.05, 0) is 170 Å². The number of benzene rings is 11. The van der Waals surface area contributed by atoms with Crippen LogP contribution < -0.4 is 0 Å². The lowest BCUT2D eigenvalue weighted by atomic mass is 10.0. The highest BCUT2D eigenvalue weighted by Crippen LogP contribution is 2.44. The Balaban J connectivity index is 0.850. The predicted octanol–water partition coefficient (Wildman–Crippen LogP) is 21.6. The third-order valence-electron chi connectivity index (χ3n) is 20.7. The monoisotopic (exact) mass is 1300 g/mol. The molecule has 11 aromatic heterocycles. The van der Waals surface area contributed by atoms with Crippen LogP contribution in [0.25, 0.3) is 199 Å². The first kappa shape index (κ1) is 56.0. The molecule has 0 N–H and O–H groups in total. The van der Waals surface area contributed by atoms with Crippen molar-refractivity contribution in [2.45, 2.75) is 0 Å². The lowest BCUT2D eigenvalue weighted by molar-refractivity contribution is 1.12. The minimum atomic E-state index is 0.633. The van der Waals surface area contributed by atoms with Gasteiger partial charge in [-0.25, -0.2) is 9.97 Å². The zero-order valence-corrected chi connectivity index (χ0v) is 54.5. The largest absolute Gasteiger partial charge is 0.309 e. The maximum Gasteiger partial charge on any atom is 0.160 e. The van der Waals surface area contributed by atoms with Crippen LogP contribution >= 0.6 is 0 Å². The summed E-state index contributed by atoms with van der Waals surface area (Å²) in [6.07, 6.45) is 7.56. The van der Waals surface area contributed by atoms with E-state index in [9.17, 15) is 0 Å². The molecule has 0 saturated carbocycles. The van der Waals surface area contributed by atoms with Gasteiger partial charge in [0.1, 0.15) is 0 Å². The van der Waals surface area contributed by atoms with E-state index in [1.807, 2.05) is 55.1 Å². The summed E-state index contributed by atoms with van der Waals surface area (Å²) >= 11 is 0. The van der Waals surface area contributed by atoms with Crippen molar-refractivity contribution >= 4 is 131 Å². The topological polar surface area (TPSA) is 107 Å². The molecule has 22 rings (SSSR count). The maximum atomic E-state index is 5.59.